The lowest BCUT2D eigenvalue weighted by Crippen LogP contribution is -2.24. The minimum Gasteiger partial charge on any atom is -0.267 e. The third-order valence-electron chi connectivity index (χ3n) is 4.79. The highest BCUT2D eigenvalue weighted by Crippen LogP contribution is 2.48. The molecule has 0 radical (unpaired) electrons. The maximum absolute atomic E-state index is 12.1. The molecule has 1 aromatic rings. The van der Waals surface area contributed by atoms with Gasteiger partial charge in [-0.15, -0.1) is 0 Å². The van der Waals surface area contributed by atoms with Crippen molar-refractivity contribution in [1.82, 2.24) is 5.43 Å². The molecule has 1 N–H and O–H groups in total. The number of fused-ring (bicyclic) bond motifs is 2. The summed E-state index contributed by atoms with van der Waals surface area (Å²) >= 11 is 11.8. The van der Waals surface area contributed by atoms with Gasteiger partial charge in [0.05, 0.1) is 10.0 Å². The van der Waals surface area contributed by atoms with Gasteiger partial charge >= 0.3 is 0 Å². The average molecular weight is 325 g/mol. The highest BCUT2D eigenvalue weighted by Gasteiger charge is 2.40. The second-order valence-electron chi connectivity index (χ2n) is 6.10. The zero-order valence-corrected chi connectivity index (χ0v) is 13.4. The molecule has 1 aromatic carbocycles. The molecule has 3 atom stereocenters. The van der Waals surface area contributed by atoms with Crippen LogP contribution in [-0.2, 0) is 0 Å². The van der Waals surface area contributed by atoms with Crippen molar-refractivity contribution in [1.29, 1.82) is 0 Å². The van der Waals surface area contributed by atoms with Crippen LogP contribution in [0.5, 0.6) is 0 Å². The van der Waals surface area contributed by atoms with Gasteiger partial charge in [-0.3, -0.25) is 4.79 Å². The maximum Gasteiger partial charge on any atom is 0.271 e. The monoisotopic (exact) mass is 324 g/mol. The second-order valence-corrected chi connectivity index (χ2v) is 6.92. The summed E-state index contributed by atoms with van der Waals surface area (Å²) in [7, 11) is 0. The number of nitrogens with zero attached hydrogens (tertiary/aromatic N) is 1. The Morgan fingerprint density at radius 1 is 1.24 bits per heavy atom. The molecule has 2 bridgehead atoms. The van der Waals surface area contributed by atoms with E-state index >= 15 is 0 Å². The highest BCUT2D eigenvalue weighted by molar-refractivity contribution is 6.42. The van der Waals surface area contributed by atoms with E-state index in [1.54, 1.807) is 18.2 Å². The first-order valence-corrected chi connectivity index (χ1v) is 8.09. The van der Waals surface area contributed by atoms with Gasteiger partial charge in [0.2, 0.25) is 0 Å². The van der Waals surface area contributed by atoms with Crippen LogP contribution >= 0.6 is 23.2 Å². The van der Waals surface area contributed by atoms with E-state index in [4.69, 9.17) is 23.2 Å². The van der Waals surface area contributed by atoms with Crippen LogP contribution in [-0.4, -0.2) is 11.6 Å². The fourth-order valence-corrected chi connectivity index (χ4v) is 3.98. The van der Waals surface area contributed by atoms with E-state index < -0.39 is 0 Å². The number of hydrazone groups is 1. The Kier molecular flexibility index (Phi) is 4.23. The standard InChI is InChI=1S/C16H18Cl2N2O/c1-9(13-7-10-2-3-11(13)6-10)19-20-16(21)12-4-5-14(17)15(18)8-12/h4-5,8,10-11,13H,2-3,6-7H2,1H3,(H,20,21)/b19-9-/t10-,11-,13-/m0/s1. The molecular weight excluding hydrogens is 307 g/mol. The lowest BCUT2D eigenvalue weighted by atomic mass is 9.86. The maximum atomic E-state index is 12.1. The third-order valence-corrected chi connectivity index (χ3v) is 5.53. The number of nitrogens with one attached hydrogen (secondary N) is 1. The highest BCUT2D eigenvalue weighted by atomic mass is 35.5. The van der Waals surface area contributed by atoms with Crippen molar-refractivity contribution in [2.45, 2.75) is 32.6 Å². The molecule has 0 saturated heterocycles. The molecule has 5 heteroatoms. The molecule has 2 saturated carbocycles. The molecule has 3 nitrogen and oxygen atoms in total. The second kappa shape index (κ2) is 5.98. The minimum atomic E-state index is -0.254. The number of hydrogen-bond donors (Lipinski definition) is 1. The van der Waals surface area contributed by atoms with Gasteiger partial charge in [-0.1, -0.05) is 29.6 Å². The quantitative estimate of drug-likeness (QED) is 0.643. The fraction of sp³-hybridized carbons (Fsp3) is 0.500. The first kappa shape index (κ1) is 14.9. The Morgan fingerprint density at radius 2 is 2.05 bits per heavy atom. The van der Waals surface area contributed by atoms with E-state index in [9.17, 15) is 4.79 Å². The molecule has 2 aliphatic rings. The summed E-state index contributed by atoms with van der Waals surface area (Å²) < 4.78 is 0. The summed E-state index contributed by atoms with van der Waals surface area (Å²) in [6.07, 6.45) is 5.23. The minimum absolute atomic E-state index is 0.254. The molecule has 2 fully saturated rings. The number of halogens is 2. The number of hydrogen-bond acceptors (Lipinski definition) is 2. The average Bonchev–Trinajstić information content (AvgIpc) is 3.10. The van der Waals surface area contributed by atoms with Gasteiger partial charge in [0.1, 0.15) is 0 Å². The largest absolute Gasteiger partial charge is 0.271 e. The van der Waals surface area contributed by atoms with Gasteiger partial charge in [-0.25, -0.2) is 5.43 Å². The molecule has 0 aliphatic heterocycles. The third kappa shape index (κ3) is 3.09. The Hall–Kier alpha value is -1.06. The van der Waals surface area contributed by atoms with Crippen LogP contribution in [0.3, 0.4) is 0 Å². The van der Waals surface area contributed by atoms with Gasteiger partial charge < -0.3 is 0 Å². The van der Waals surface area contributed by atoms with Crippen LogP contribution in [0.2, 0.25) is 10.0 Å². The van der Waals surface area contributed by atoms with Crippen molar-refractivity contribution in [3.63, 3.8) is 0 Å². The summed E-state index contributed by atoms with van der Waals surface area (Å²) in [6, 6.07) is 4.82. The lowest BCUT2D eigenvalue weighted by Gasteiger charge is -2.21. The number of amides is 1. The van der Waals surface area contributed by atoms with Gasteiger partial charge in [-0.05, 0) is 56.2 Å². The van der Waals surface area contributed by atoms with E-state index in [0.29, 0.717) is 21.5 Å². The summed E-state index contributed by atoms with van der Waals surface area (Å²) in [5.74, 6) is 1.92. The number of rotatable bonds is 3. The molecule has 3 rings (SSSR count). The van der Waals surface area contributed by atoms with Crippen molar-refractivity contribution >= 4 is 34.8 Å². The van der Waals surface area contributed by atoms with Crippen LogP contribution in [0.1, 0.15) is 43.0 Å². The summed E-state index contributed by atoms with van der Waals surface area (Å²) in [5, 5.41) is 5.11. The molecule has 112 valence electrons. The Morgan fingerprint density at radius 3 is 2.67 bits per heavy atom. The van der Waals surface area contributed by atoms with Crippen molar-refractivity contribution in [2.24, 2.45) is 22.9 Å². The predicted octanol–water partition coefficient (Wildman–Crippen LogP) is 4.54. The van der Waals surface area contributed by atoms with Crippen molar-refractivity contribution in [3.05, 3.63) is 33.8 Å². The number of carbonyl (C=O) groups is 1. The van der Waals surface area contributed by atoms with Crippen LogP contribution in [0.15, 0.2) is 23.3 Å². The van der Waals surface area contributed by atoms with Gasteiger partial charge in [0.15, 0.2) is 0 Å². The normalized spacial score (nSPS) is 28.0. The van der Waals surface area contributed by atoms with Crippen molar-refractivity contribution in [3.8, 4) is 0 Å². The zero-order valence-electron chi connectivity index (χ0n) is 11.9. The van der Waals surface area contributed by atoms with Gasteiger partial charge in [0, 0.05) is 17.2 Å². The fourth-order valence-electron chi connectivity index (χ4n) is 3.68. The van der Waals surface area contributed by atoms with Crippen LogP contribution in [0, 0.1) is 17.8 Å². The SMILES string of the molecule is C/C(=N/NC(=O)c1ccc(Cl)c(Cl)c1)[C@@H]1C[C@H]2CC[C@H]1C2. The Bertz CT molecular complexity index is 600. The van der Waals surface area contributed by atoms with Crippen LogP contribution in [0.4, 0.5) is 0 Å². The molecule has 0 spiro atoms. The van der Waals surface area contributed by atoms with Gasteiger partial charge in [-0.2, -0.15) is 5.10 Å². The Balaban J connectivity index is 1.64. The molecule has 0 aromatic heterocycles. The summed E-state index contributed by atoms with van der Waals surface area (Å²) in [5.41, 5.74) is 4.13. The first-order valence-electron chi connectivity index (χ1n) is 7.34. The van der Waals surface area contributed by atoms with Crippen molar-refractivity contribution in [2.75, 3.05) is 0 Å². The number of benzene rings is 1. The summed E-state index contributed by atoms with van der Waals surface area (Å²) in [4.78, 5) is 12.1. The smallest absolute Gasteiger partial charge is 0.267 e. The predicted molar refractivity (Wildman–Crippen MR) is 86.0 cm³/mol. The van der Waals surface area contributed by atoms with E-state index in [2.05, 4.69) is 10.5 Å². The van der Waals surface area contributed by atoms with Crippen LogP contribution < -0.4 is 5.43 Å². The van der Waals surface area contributed by atoms with E-state index in [0.717, 1.165) is 17.5 Å². The molecule has 1 amide bonds. The molecule has 0 heterocycles. The summed E-state index contributed by atoms with van der Waals surface area (Å²) in [6.45, 7) is 2.01. The zero-order chi connectivity index (χ0) is 15.0. The molecule has 0 unspecified atom stereocenters. The van der Waals surface area contributed by atoms with Gasteiger partial charge in [0.25, 0.3) is 5.91 Å². The topological polar surface area (TPSA) is 41.5 Å². The first-order chi connectivity index (χ1) is 10.0. The Labute approximate surface area is 134 Å². The molecular formula is C16H18Cl2N2O. The lowest BCUT2D eigenvalue weighted by molar-refractivity contribution is 0.0954. The molecule has 2 aliphatic carbocycles. The number of carbonyl (C=O) groups excluding carboxylic acids is 1. The van der Waals surface area contributed by atoms with E-state index in [1.165, 1.54) is 25.7 Å². The van der Waals surface area contributed by atoms with E-state index in [1.807, 2.05) is 6.92 Å². The molecule has 21 heavy (non-hydrogen) atoms. The van der Waals surface area contributed by atoms with E-state index in [-0.39, 0.29) is 5.91 Å². The van der Waals surface area contributed by atoms with Crippen molar-refractivity contribution < 1.29 is 4.79 Å². The van der Waals surface area contributed by atoms with Crippen LogP contribution in [0.25, 0.3) is 0 Å².